The predicted molar refractivity (Wildman–Crippen MR) is 77.3 cm³/mol. The molecule has 0 spiro atoms. The lowest BCUT2D eigenvalue weighted by Crippen LogP contribution is -2.37. The molecule has 4 nitrogen and oxygen atoms in total. The number of ether oxygens (including phenoxy) is 1. The van der Waals surface area contributed by atoms with Crippen molar-refractivity contribution in [3.63, 3.8) is 0 Å². The molecule has 0 fully saturated rings. The minimum absolute atomic E-state index is 0.00734. The van der Waals surface area contributed by atoms with Gasteiger partial charge in [0.25, 0.3) is 0 Å². The van der Waals surface area contributed by atoms with Crippen molar-refractivity contribution in [3.05, 3.63) is 29.8 Å². The highest BCUT2D eigenvalue weighted by Gasteiger charge is 2.19. The topological polar surface area (TPSA) is 41.6 Å². The van der Waals surface area contributed by atoms with E-state index in [1.54, 1.807) is 12.0 Å². The summed E-state index contributed by atoms with van der Waals surface area (Å²) in [6, 6.07) is 7.79. The van der Waals surface area contributed by atoms with Crippen molar-refractivity contribution in [1.29, 1.82) is 0 Å². The van der Waals surface area contributed by atoms with Gasteiger partial charge in [0.2, 0.25) is 5.91 Å². The molecule has 106 valence electrons. The third-order valence-electron chi connectivity index (χ3n) is 3.27. The number of carbonyl (C=O) groups excluding carboxylic acids is 1. The van der Waals surface area contributed by atoms with Crippen molar-refractivity contribution >= 4 is 5.91 Å². The molecule has 0 aliphatic heterocycles. The molecular weight excluding hydrogens is 240 g/mol. The van der Waals surface area contributed by atoms with Crippen LogP contribution in [-0.4, -0.2) is 38.1 Å². The standard InChI is InChI=1S/C15H24N2O2/c1-5-10-16-11-15(18)17(3)12(2)13-8-6-7-9-14(13)19-4/h6-9,12,16H,5,10-11H2,1-4H3. The molecule has 0 saturated carbocycles. The van der Waals surface area contributed by atoms with Crippen LogP contribution in [0.25, 0.3) is 0 Å². The second kappa shape index (κ2) is 7.79. The molecule has 0 aliphatic carbocycles. The molecule has 1 aromatic rings. The van der Waals surface area contributed by atoms with E-state index in [2.05, 4.69) is 12.2 Å². The first kappa shape index (κ1) is 15.5. The Labute approximate surface area is 115 Å². The second-order valence-electron chi connectivity index (χ2n) is 4.60. The Morgan fingerprint density at radius 3 is 2.74 bits per heavy atom. The average molecular weight is 264 g/mol. The number of hydrogen-bond donors (Lipinski definition) is 1. The zero-order valence-electron chi connectivity index (χ0n) is 12.3. The largest absolute Gasteiger partial charge is 0.496 e. The maximum absolute atomic E-state index is 12.1. The van der Waals surface area contributed by atoms with Gasteiger partial charge in [-0.25, -0.2) is 0 Å². The van der Waals surface area contributed by atoms with Crippen molar-refractivity contribution in [2.24, 2.45) is 0 Å². The van der Waals surface area contributed by atoms with Crippen LogP contribution in [-0.2, 0) is 4.79 Å². The van der Waals surface area contributed by atoms with E-state index in [0.29, 0.717) is 6.54 Å². The summed E-state index contributed by atoms with van der Waals surface area (Å²) in [6.45, 7) is 5.33. The van der Waals surface area contributed by atoms with Gasteiger partial charge in [-0.05, 0) is 26.0 Å². The van der Waals surface area contributed by atoms with Crippen LogP contribution in [0.3, 0.4) is 0 Å². The third kappa shape index (κ3) is 4.24. The molecule has 4 heteroatoms. The first-order valence-electron chi connectivity index (χ1n) is 6.71. The number of likely N-dealkylation sites (N-methyl/N-ethyl adjacent to an activating group) is 1. The minimum atomic E-state index is -0.00734. The summed E-state index contributed by atoms with van der Waals surface area (Å²) in [4.78, 5) is 13.8. The fourth-order valence-electron chi connectivity index (χ4n) is 1.93. The minimum Gasteiger partial charge on any atom is -0.496 e. The first-order chi connectivity index (χ1) is 9.11. The van der Waals surface area contributed by atoms with Crippen molar-refractivity contribution in [2.45, 2.75) is 26.3 Å². The van der Waals surface area contributed by atoms with Gasteiger partial charge in [-0.3, -0.25) is 4.79 Å². The summed E-state index contributed by atoms with van der Waals surface area (Å²) >= 11 is 0. The number of nitrogens with zero attached hydrogens (tertiary/aromatic N) is 1. The van der Waals surface area contributed by atoms with Gasteiger partial charge in [-0.15, -0.1) is 0 Å². The van der Waals surface area contributed by atoms with E-state index in [1.165, 1.54) is 0 Å². The summed E-state index contributed by atoms with van der Waals surface area (Å²) in [6.07, 6.45) is 1.03. The fourth-order valence-corrected chi connectivity index (χ4v) is 1.93. The molecule has 0 saturated heterocycles. The number of nitrogens with one attached hydrogen (secondary N) is 1. The Kier molecular flexibility index (Phi) is 6.36. The van der Waals surface area contributed by atoms with Crippen molar-refractivity contribution in [1.82, 2.24) is 10.2 Å². The zero-order chi connectivity index (χ0) is 14.3. The fraction of sp³-hybridized carbons (Fsp3) is 0.533. The van der Waals surface area contributed by atoms with Crippen LogP contribution in [0.1, 0.15) is 31.9 Å². The van der Waals surface area contributed by atoms with Crippen LogP contribution in [0.5, 0.6) is 5.75 Å². The van der Waals surface area contributed by atoms with Gasteiger partial charge in [-0.2, -0.15) is 0 Å². The van der Waals surface area contributed by atoms with Gasteiger partial charge in [0.1, 0.15) is 5.75 Å². The van der Waals surface area contributed by atoms with E-state index in [-0.39, 0.29) is 11.9 Å². The molecule has 0 heterocycles. The molecule has 0 bridgehead atoms. The maximum Gasteiger partial charge on any atom is 0.236 e. The number of carbonyl (C=O) groups is 1. The molecular formula is C15H24N2O2. The van der Waals surface area contributed by atoms with Gasteiger partial charge < -0.3 is 15.0 Å². The highest BCUT2D eigenvalue weighted by atomic mass is 16.5. The van der Waals surface area contributed by atoms with Crippen molar-refractivity contribution in [3.8, 4) is 5.75 Å². The average Bonchev–Trinajstić information content (AvgIpc) is 2.45. The molecule has 1 atom stereocenters. The maximum atomic E-state index is 12.1. The molecule has 19 heavy (non-hydrogen) atoms. The third-order valence-corrected chi connectivity index (χ3v) is 3.27. The van der Waals surface area contributed by atoms with Crippen LogP contribution in [0.2, 0.25) is 0 Å². The Balaban J connectivity index is 2.70. The Bertz CT molecular complexity index is 407. The monoisotopic (exact) mass is 264 g/mol. The molecule has 1 amide bonds. The van der Waals surface area contributed by atoms with Gasteiger partial charge >= 0.3 is 0 Å². The van der Waals surface area contributed by atoms with Gasteiger partial charge in [0.05, 0.1) is 19.7 Å². The van der Waals surface area contributed by atoms with Gasteiger partial charge in [-0.1, -0.05) is 25.1 Å². The zero-order valence-corrected chi connectivity index (χ0v) is 12.3. The molecule has 0 aliphatic rings. The number of para-hydroxylation sites is 1. The van der Waals surface area contributed by atoms with Crippen LogP contribution in [0, 0.1) is 0 Å². The summed E-state index contributed by atoms with van der Waals surface area (Å²) in [7, 11) is 3.48. The van der Waals surface area contributed by atoms with E-state index in [1.807, 2.05) is 38.2 Å². The Morgan fingerprint density at radius 2 is 2.11 bits per heavy atom. The highest BCUT2D eigenvalue weighted by molar-refractivity contribution is 5.78. The van der Waals surface area contributed by atoms with Crippen LogP contribution in [0.15, 0.2) is 24.3 Å². The summed E-state index contributed by atoms with van der Waals surface area (Å²) < 4.78 is 5.34. The molecule has 1 N–H and O–H groups in total. The molecule has 0 aromatic heterocycles. The molecule has 1 unspecified atom stereocenters. The van der Waals surface area contributed by atoms with Crippen molar-refractivity contribution in [2.75, 3.05) is 27.2 Å². The van der Waals surface area contributed by atoms with Crippen molar-refractivity contribution < 1.29 is 9.53 Å². The quantitative estimate of drug-likeness (QED) is 0.768. The highest BCUT2D eigenvalue weighted by Crippen LogP contribution is 2.27. The summed E-state index contributed by atoms with van der Waals surface area (Å²) in [5.41, 5.74) is 1.02. The number of methoxy groups -OCH3 is 1. The Hall–Kier alpha value is -1.55. The molecule has 0 radical (unpaired) electrons. The van der Waals surface area contributed by atoms with E-state index < -0.39 is 0 Å². The SMILES string of the molecule is CCCNCC(=O)N(C)C(C)c1ccccc1OC. The second-order valence-corrected chi connectivity index (χ2v) is 4.60. The number of rotatable bonds is 7. The lowest BCUT2D eigenvalue weighted by molar-refractivity contribution is -0.130. The molecule has 1 rings (SSSR count). The lowest BCUT2D eigenvalue weighted by atomic mass is 10.1. The van der Waals surface area contributed by atoms with Crippen LogP contribution >= 0.6 is 0 Å². The van der Waals surface area contributed by atoms with E-state index in [9.17, 15) is 4.79 Å². The lowest BCUT2D eigenvalue weighted by Gasteiger charge is -2.26. The summed E-state index contributed by atoms with van der Waals surface area (Å²) in [5.74, 6) is 0.906. The van der Waals surface area contributed by atoms with E-state index in [0.717, 1.165) is 24.3 Å². The number of benzene rings is 1. The van der Waals surface area contributed by atoms with Gasteiger partial charge in [0, 0.05) is 12.6 Å². The van der Waals surface area contributed by atoms with Crippen LogP contribution in [0.4, 0.5) is 0 Å². The Morgan fingerprint density at radius 1 is 1.42 bits per heavy atom. The van der Waals surface area contributed by atoms with E-state index >= 15 is 0 Å². The van der Waals surface area contributed by atoms with Crippen LogP contribution < -0.4 is 10.1 Å². The normalized spacial score (nSPS) is 12.0. The van der Waals surface area contributed by atoms with E-state index in [4.69, 9.17) is 4.74 Å². The number of hydrogen-bond acceptors (Lipinski definition) is 3. The molecule has 1 aromatic carbocycles. The predicted octanol–water partition coefficient (Wildman–Crippen LogP) is 2.21. The van der Waals surface area contributed by atoms with Gasteiger partial charge in [0.15, 0.2) is 0 Å². The number of amides is 1. The first-order valence-corrected chi connectivity index (χ1v) is 6.71. The summed E-state index contributed by atoms with van der Waals surface area (Å²) in [5, 5.41) is 3.13. The smallest absolute Gasteiger partial charge is 0.236 e.